The molecule has 786 valence electrons. The van der Waals surface area contributed by atoms with Crippen molar-refractivity contribution in [3.8, 4) is 12.1 Å². The van der Waals surface area contributed by atoms with E-state index in [0.717, 1.165) is 153 Å². The van der Waals surface area contributed by atoms with Gasteiger partial charge in [-0.2, -0.15) is 10.5 Å². The predicted molar refractivity (Wildman–Crippen MR) is 573 cm³/mol. The van der Waals surface area contributed by atoms with Crippen LogP contribution in [-0.2, 0) is 92.7 Å². The molecule has 0 spiro atoms. The lowest BCUT2D eigenvalue weighted by Gasteiger charge is -2.40. The van der Waals surface area contributed by atoms with Crippen LogP contribution >= 0.6 is 11.6 Å². The Morgan fingerprint density at radius 3 is 0.960 bits per heavy atom. The molecule has 8 aliphatic rings. The molecule has 0 bridgehead atoms. The Bertz CT molecular complexity index is 7030. The molecule has 4 N–H and O–H groups in total. The third-order valence-electron chi connectivity index (χ3n) is 30.0. The van der Waals surface area contributed by atoms with Crippen molar-refractivity contribution in [1.82, 2.24) is 94.0 Å². The highest BCUT2D eigenvalue weighted by Crippen LogP contribution is 2.45. The summed E-state index contributed by atoms with van der Waals surface area (Å²) in [6.45, 7) is 43.2. The Morgan fingerprint density at radius 2 is 0.673 bits per heavy atom. The fraction of sp³-hybridized carbons (Fsp3) is 0.443. The molecule has 4 aromatic carbocycles. The molecular formula is C115H136ClF4N25O5. The van der Waals surface area contributed by atoms with Crippen LogP contribution in [0.4, 0.5) is 40.3 Å². The number of anilines is 4. The van der Waals surface area contributed by atoms with Crippen LogP contribution in [0.5, 0.6) is 0 Å². The lowest BCUT2D eigenvalue weighted by atomic mass is 9.91. The highest BCUT2D eigenvalue weighted by molar-refractivity contribution is 6.29. The van der Waals surface area contributed by atoms with E-state index < -0.39 is 0 Å². The first-order chi connectivity index (χ1) is 71.5. The molecule has 8 aliphatic heterocycles. The van der Waals surface area contributed by atoms with Crippen molar-refractivity contribution in [3.63, 3.8) is 0 Å². The van der Waals surface area contributed by atoms with Crippen LogP contribution in [0.15, 0.2) is 194 Å². The number of aryl methyl sites for hydroxylation is 3. The summed E-state index contributed by atoms with van der Waals surface area (Å²) in [5, 5.41) is 33.1. The van der Waals surface area contributed by atoms with Crippen molar-refractivity contribution in [1.29, 1.82) is 10.5 Å². The third kappa shape index (κ3) is 25.7. The quantitative estimate of drug-likeness (QED) is 0.0408. The van der Waals surface area contributed by atoms with Crippen LogP contribution < -0.4 is 46.4 Å². The van der Waals surface area contributed by atoms with Gasteiger partial charge in [-0.1, -0.05) is 122 Å². The number of amides is 4. The Morgan fingerprint density at radius 1 is 0.380 bits per heavy atom. The van der Waals surface area contributed by atoms with Gasteiger partial charge in [-0.25, -0.2) is 32.5 Å². The first kappa shape index (κ1) is 108. The van der Waals surface area contributed by atoms with Gasteiger partial charge < -0.3 is 59.1 Å². The Hall–Kier alpha value is -13.4. The van der Waals surface area contributed by atoms with Crippen LogP contribution in [0.2, 0.25) is 5.15 Å². The second-order valence-corrected chi connectivity index (χ2v) is 44.9. The minimum absolute atomic E-state index is 0.0210. The number of halogens is 5. The van der Waals surface area contributed by atoms with E-state index in [-0.39, 0.29) is 129 Å². The largest absolute Gasteiger partial charge is 0.332 e. The predicted octanol–water partition coefficient (Wildman–Crippen LogP) is 13.3. The molecule has 12 aromatic rings. The number of piperazine rings is 4. The summed E-state index contributed by atoms with van der Waals surface area (Å²) in [6, 6.07) is 43.3. The van der Waals surface area contributed by atoms with Crippen LogP contribution in [0.3, 0.4) is 0 Å². The number of hydrogen-bond acceptors (Lipinski definition) is 22. The van der Waals surface area contributed by atoms with E-state index in [9.17, 15) is 52.1 Å². The van der Waals surface area contributed by atoms with Gasteiger partial charge in [0.05, 0.1) is 71.7 Å². The van der Waals surface area contributed by atoms with Crippen molar-refractivity contribution in [2.75, 3.05) is 124 Å². The Labute approximate surface area is 880 Å². The molecule has 0 aliphatic carbocycles. The smallest absolute Gasteiger partial charge is 0.250 e. The second kappa shape index (κ2) is 45.8. The highest BCUT2D eigenvalue weighted by Gasteiger charge is 2.47. The number of rotatable bonds is 24. The summed E-state index contributed by atoms with van der Waals surface area (Å²) in [5.41, 5.74) is 15.5. The number of nitriles is 2. The standard InChI is InChI=1S/C30H36FN5O2.C29H34FN7O.C28H34ClFN6O.C28H32FN7O/c1-20-5-10-27(37)35(15-20)17-25-14-32-21(2)16-34(25)18-28(38)36-19-30(3,4)29-26(36)12-23(13-33-29)11-22-6-8-24(31)9-7-22;1-19-14-36(25(13-32-19)16-35-15-24(11-31)34-20(35)2)17-27(38)37-18-29(3,4)28-26(37)10-22(12-33-28)9-21-5-7-23(30)8-6-21;1-18-13-35(23(12-31-18)14-34-15-25(29)33-19(34)2)16-26(37)36-17-28(3,4)27-24(36)10-21(11-32-27)9-20-5-7-22(30)8-6-20;1-19-15-35(23(14-32-19)16-34-9-8-31-25(34)12-30)17-26(37)36-18-28(2,3)27-24(36)11-21(13-33-27)10-20-4-6-22(29)7-5-20/h5-10,12-13,15,21,25,32H,11,14,16-19H2,1-4H3;5-8,10,12,15,19,25,32H,9,13-14,16-18H2,1-4H3;5-8,10-11,15,18,23,31H,9,12-14,16-17H2,1-4H3;4-9,11,13,19,23,32H,10,14-18H2,1-3H3/t21-,25-;19-,25-;18-,23-;19-,23-/m1111/s1. The zero-order valence-electron chi connectivity index (χ0n) is 88.3. The van der Waals surface area contributed by atoms with Gasteiger partial charge in [-0.15, -0.1) is 0 Å². The molecule has 8 aromatic heterocycles. The number of pyridine rings is 5. The number of nitrogens with one attached hydrogen (secondary N) is 4. The lowest BCUT2D eigenvalue weighted by Crippen LogP contribution is -2.59. The average Bonchev–Trinajstić information content (AvgIpc) is 1.62. The van der Waals surface area contributed by atoms with Crippen molar-refractivity contribution in [2.24, 2.45) is 0 Å². The Balaban J connectivity index is 0.000000136. The van der Waals surface area contributed by atoms with E-state index in [1.54, 1.807) is 71.6 Å². The molecule has 0 saturated carbocycles. The summed E-state index contributed by atoms with van der Waals surface area (Å²) in [4.78, 5) is 116. The van der Waals surface area contributed by atoms with Crippen molar-refractivity contribution >= 4 is 58.0 Å². The number of hydrogen-bond donors (Lipinski definition) is 4. The molecule has 30 nitrogen and oxygen atoms in total. The highest BCUT2D eigenvalue weighted by atomic mass is 35.5. The first-order valence-corrected chi connectivity index (χ1v) is 52.2. The molecular weight excluding hydrogens is 1920 g/mol. The summed E-state index contributed by atoms with van der Waals surface area (Å²) >= 11 is 6.11. The third-order valence-corrected chi connectivity index (χ3v) is 30.2. The van der Waals surface area contributed by atoms with Gasteiger partial charge in [0.25, 0.3) is 5.56 Å². The molecule has 8 atom stereocenters. The monoisotopic (exact) mass is 2060 g/mol. The van der Waals surface area contributed by atoms with Gasteiger partial charge in [0.1, 0.15) is 52.2 Å². The molecule has 20 rings (SSSR count). The van der Waals surface area contributed by atoms with Gasteiger partial charge in [0.15, 0.2) is 5.69 Å². The summed E-state index contributed by atoms with van der Waals surface area (Å²) < 4.78 is 61.0. The van der Waals surface area contributed by atoms with Gasteiger partial charge >= 0.3 is 0 Å². The maximum atomic E-state index is 13.8. The van der Waals surface area contributed by atoms with E-state index in [1.165, 1.54) is 48.5 Å². The van der Waals surface area contributed by atoms with Crippen LogP contribution in [0, 0.1) is 66.7 Å². The zero-order chi connectivity index (χ0) is 107. The molecule has 0 unspecified atom stereocenters. The van der Waals surface area contributed by atoms with Crippen LogP contribution in [0.1, 0.15) is 179 Å². The molecule has 35 heteroatoms. The minimum Gasteiger partial charge on any atom is -0.332 e. The van der Waals surface area contributed by atoms with Gasteiger partial charge in [-0.05, 0) is 197 Å². The first-order valence-electron chi connectivity index (χ1n) is 51.8. The van der Waals surface area contributed by atoms with E-state index in [1.807, 2.05) is 98.9 Å². The zero-order valence-corrected chi connectivity index (χ0v) is 89.1. The van der Waals surface area contributed by atoms with Crippen LogP contribution in [0.25, 0.3) is 0 Å². The number of carbonyl (C=O) groups is 4. The molecule has 150 heavy (non-hydrogen) atoms. The fourth-order valence-corrected chi connectivity index (χ4v) is 22.3. The van der Waals surface area contributed by atoms with Crippen molar-refractivity contribution in [3.05, 3.63) is 324 Å². The normalized spacial score (nSPS) is 21.0. The maximum Gasteiger partial charge on any atom is 0.250 e. The van der Waals surface area contributed by atoms with Gasteiger partial charge in [0, 0.05) is 237 Å². The van der Waals surface area contributed by atoms with Crippen LogP contribution in [-0.4, -0.2) is 249 Å². The molecule has 4 saturated heterocycles. The van der Waals surface area contributed by atoms with Gasteiger partial charge in [-0.3, -0.25) is 63.5 Å². The molecule has 4 fully saturated rings. The SMILES string of the molecule is C[C@@H]1CN(CC(=O)N2CC(C)(C)c3ncc(Cc4ccc(F)cc4)cc32)[C@@H](Cn2ccnc2C#N)CN1.Cc1ccc(=O)n(C[C@H]2CN[C@H](C)CN2CC(=O)N2CC(C)(C)c3ncc(Cc4ccc(F)cc4)cc32)c1.Cc1nc(C#N)cn1C[C@H]1CN[C@H](C)CN1CC(=O)N1CC(C)(C)c2ncc(Cc3ccc(F)cc3)cc21.Cc1nc(Cl)cn1C[C@H]1CN[C@H](C)CN1CC(=O)N1CC(C)(C)c2ncc(Cc3ccc(F)cc3)cc21. The molecule has 16 heterocycles. The molecule has 4 amide bonds. The summed E-state index contributed by atoms with van der Waals surface area (Å²) in [5.74, 6) is 1.22. The summed E-state index contributed by atoms with van der Waals surface area (Å²) in [7, 11) is 0. The van der Waals surface area contributed by atoms with E-state index in [2.05, 4.69) is 180 Å². The Kier molecular flexibility index (Phi) is 32.9. The number of benzene rings is 4. The number of fused-ring (bicyclic) bond motifs is 4. The van der Waals surface area contributed by atoms with E-state index in [0.29, 0.717) is 120 Å². The lowest BCUT2D eigenvalue weighted by molar-refractivity contribution is -0.121. The van der Waals surface area contributed by atoms with E-state index in [4.69, 9.17) is 31.5 Å². The maximum absolute atomic E-state index is 13.8. The average molecular weight is 2060 g/mol. The second-order valence-electron chi connectivity index (χ2n) is 44.5. The van der Waals surface area contributed by atoms with Crippen molar-refractivity contribution in [2.45, 2.75) is 226 Å². The number of aromatic nitrogens is 11. The number of imidazole rings is 3. The number of carbonyl (C=O) groups excluding carboxylic acids is 4. The molecule has 0 radical (unpaired) electrons. The van der Waals surface area contributed by atoms with E-state index >= 15 is 0 Å². The van der Waals surface area contributed by atoms with Gasteiger partial charge in [0.2, 0.25) is 29.5 Å². The summed E-state index contributed by atoms with van der Waals surface area (Å²) in [6.07, 6.45) is 18.9. The number of nitrogens with zero attached hydrogens (tertiary/aromatic N) is 21. The minimum atomic E-state index is -0.260. The fourth-order valence-electron chi connectivity index (χ4n) is 22.1. The topological polar surface area (TPSA) is 317 Å². The van der Waals surface area contributed by atoms with Crippen molar-refractivity contribution < 1.29 is 36.7 Å².